The van der Waals surface area contributed by atoms with Crippen molar-refractivity contribution in [2.24, 2.45) is 0 Å². The summed E-state index contributed by atoms with van der Waals surface area (Å²) in [6.07, 6.45) is 11.0. The van der Waals surface area contributed by atoms with Crippen molar-refractivity contribution in [3.63, 3.8) is 0 Å². The number of aromatic nitrogens is 4. The summed E-state index contributed by atoms with van der Waals surface area (Å²) in [7, 11) is 0. The van der Waals surface area contributed by atoms with Crippen LogP contribution in [0.25, 0.3) is 22.0 Å². The number of rotatable bonds is 6. The monoisotopic (exact) mass is 441 g/mol. The molecule has 1 aromatic carbocycles. The standard InChI is InChI=1S/C27H31N5O/c1-3-24-29-13-16-31(24)15-10-25(33)32-14-4-5-21(18-32)27-26(20-8-11-28-12-9-20)22-17-19(2)6-7-23(22)30-27/h6-9,11-13,16-17,21,30H,3-5,10,14-15,18H2,1-2H3/t21-/m1/s1. The average molecular weight is 442 g/mol. The Morgan fingerprint density at radius 2 is 2.03 bits per heavy atom. The van der Waals surface area contributed by atoms with Gasteiger partial charge in [0.05, 0.1) is 0 Å². The fourth-order valence-corrected chi connectivity index (χ4v) is 5.13. The van der Waals surface area contributed by atoms with Gasteiger partial charge in [-0.15, -0.1) is 0 Å². The third-order valence-electron chi connectivity index (χ3n) is 6.82. The number of aromatic amines is 1. The molecule has 1 saturated heterocycles. The SMILES string of the molecule is CCc1nccn1CCC(=O)N1CCC[C@@H](c2[nH]c3ccc(C)cc3c2-c2ccncc2)C1. The minimum atomic E-state index is 0.230. The Morgan fingerprint density at radius 1 is 1.18 bits per heavy atom. The van der Waals surface area contributed by atoms with Crippen molar-refractivity contribution in [1.29, 1.82) is 0 Å². The second-order valence-electron chi connectivity index (χ2n) is 9.02. The Hall–Kier alpha value is -3.41. The van der Waals surface area contributed by atoms with Gasteiger partial charge in [-0.05, 0) is 49.6 Å². The van der Waals surface area contributed by atoms with E-state index in [1.165, 1.54) is 27.8 Å². The second kappa shape index (κ2) is 9.22. The van der Waals surface area contributed by atoms with Crippen LogP contribution in [0, 0.1) is 6.92 Å². The maximum absolute atomic E-state index is 13.1. The highest BCUT2D eigenvalue weighted by atomic mass is 16.2. The van der Waals surface area contributed by atoms with Crippen LogP contribution in [0.15, 0.2) is 55.1 Å². The zero-order valence-electron chi connectivity index (χ0n) is 19.4. The lowest BCUT2D eigenvalue weighted by Crippen LogP contribution is -2.39. The molecule has 1 aliphatic heterocycles. The number of amides is 1. The van der Waals surface area contributed by atoms with E-state index >= 15 is 0 Å². The molecule has 6 nitrogen and oxygen atoms in total. The molecule has 1 aliphatic rings. The van der Waals surface area contributed by atoms with Gasteiger partial charge in [-0.1, -0.05) is 18.6 Å². The number of hydrogen-bond acceptors (Lipinski definition) is 3. The maximum Gasteiger partial charge on any atom is 0.224 e. The fraction of sp³-hybridized carbons (Fsp3) is 0.370. The van der Waals surface area contributed by atoms with Gasteiger partial charge in [0.1, 0.15) is 5.82 Å². The fourth-order valence-electron chi connectivity index (χ4n) is 5.13. The first-order valence-electron chi connectivity index (χ1n) is 11.9. The third-order valence-corrected chi connectivity index (χ3v) is 6.82. The summed E-state index contributed by atoms with van der Waals surface area (Å²) in [6.45, 7) is 6.51. The van der Waals surface area contributed by atoms with E-state index in [1.807, 2.05) is 24.8 Å². The van der Waals surface area contributed by atoms with E-state index in [0.717, 1.165) is 43.7 Å². The number of nitrogens with zero attached hydrogens (tertiary/aromatic N) is 4. The molecular weight excluding hydrogens is 410 g/mol. The van der Waals surface area contributed by atoms with Gasteiger partial charge in [0.15, 0.2) is 0 Å². The lowest BCUT2D eigenvalue weighted by atomic mass is 9.89. The molecule has 33 heavy (non-hydrogen) atoms. The Labute approximate surface area is 194 Å². The molecule has 0 saturated carbocycles. The van der Waals surface area contributed by atoms with Crippen LogP contribution in [0.1, 0.15) is 49.2 Å². The number of aryl methyl sites for hydroxylation is 3. The van der Waals surface area contributed by atoms with Crippen molar-refractivity contribution in [2.75, 3.05) is 13.1 Å². The van der Waals surface area contributed by atoms with Gasteiger partial charge in [-0.25, -0.2) is 4.98 Å². The highest BCUT2D eigenvalue weighted by Gasteiger charge is 2.28. The van der Waals surface area contributed by atoms with E-state index in [9.17, 15) is 4.79 Å². The summed E-state index contributed by atoms with van der Waals surface area (Å²) in [6, 6.07) is 10.7. The van der Waals surface area contributed by atoms with E-state index in [0.29, 0.717) is 13.0 Å². The Morgan fingerprint density at radius 3 is 2.85 bits per heavy atom. The Balaban J connectivity index is 1.40. The molecule has 170 valence electrons. The van der Waals surface area contributed by atoms with Gasteiger partial charge in [0, 0.05) is 85.3 Å². The van der Waals surface area contributed by atoms with Gasteiger partial charge in [0.25, 0.3) is 0 Å². The highest BCUT2D eigenvalue weighted by Crippen LogP contribution is 2.39. The molecule has 6 heteroatoms. The molecule has 4 aromatic rings. The number of fused-ring (bicyclic) bond motifs is 1. The number of likely N-dealkylation sites (tertiary alicyclic amines) is 1. The Bertz CT molecular complexity index is 1260. The molecular formula is C27H31N5O. The van der Waals surface area contributed by atoms with Crippen molar-refractivity contribution in [1.82, 2.24) is 24.4 Å². The van der Waals surface area contributed by atoms with Crippen molar-refractivity contribution in [3.05, 3.63) is 72.2 Å². The zero-order valence-corrected chi connectivity index (χ0v) is 19.4. The molecule has 1 fully saturated rings. The second-order valence-corrected chi connectivity index (χ2v) is 9.02. The molecule has 0 unspecified atom stereocenters. The van der Waals surface area contributed by atoms with Crippen LogP contribution in [-0.2, 0) is 17.8 Å². The van der Waals surface area contributed by atoms with Crippen LogP contribution in [-0.4, -0.2) is 43.4 Å². The van der Waals surface area contributed by atoms with Crippen LogP contribution >= 0.6 is 0 Å². The van der Waals surface area contributed by atoms with Crippen molar-refractivity contribution in [3.8, 4) is 11.1 Å². The van der Waals surface area contributed by atoms with Crippen LogP contribution in [0.4, 0.5) is 0 Å². The number of carbonyl (C=O) groups is 1. The number of hydrogen-bond donors (Lipinski definition) is 1. The third kappa shape index (κ3) is 4.30. The molecule has 0 aliphatic carbocycles. The largest absolute Gasteiger partial charge is 0.358 e. The topological polar surface area (TPSA) is 66.8 Å². The molecule has 5 rings (SSSR count). The predicted molar refractivity (Wildman–Crippen MR) is 131 cm³/mol. The number of carbonyl (C=O) groups excluding carboxylic acids is 1. The number of pyridine rings is 1. The molecule has 1 amide bonds. The summed E-state index contributed by atoms with van der Waals surface area (Å²) < 4.78 is 2.10. The summed E-state index contributed by atoms with van der Waals surface area (Å²) in [5.41, 5.74) is 6.06. The van der Waals surface area contributed by atoms with E-state index < -0.39 is 0 Å². The molecule has 1 N–H and O–H groups in total. The van der Waals surface area contributed by atoms with Crippen LogP contribution in [0.5, 0.6) is 0 Å². The molecule has 4 heterocycles. The first kappa shape index (κ1) is 21.4. The molecule has 3 aromatic heterocycles. The maximum atomic E-state index is 13.1. The summed E-state index contributed by atoms with van der Waals surface area (Å²) >= 11 is 0. The van der Waals surface area contributed by atoms with Crippen LogP contribution < -0.4 is 0 Å². The van der Waals surface area contributed by atoms with E-state index in [2.05, 4.69) is 68.6 Å². The highest BCUT2D eigenvalue weighted by molar-refractivity contribution is 5.98. The zero-order chi connectivity index (χ0) is 22.8. The smallest absolute Gasteiger partial charge is 0.224 e. The van der Waals surface area contributed by atoms with Crippen molar-refractivity contribution >= 4 is 16.8 Å². The first-order valence-corrected chi connectivity index (χ1v) is 11.9. The number of H-pyrrole nitrogens is 1. The van der Waals surface area contributed by atoms with Crippen molar-refractivity contribution < 1.29 is 4.79 Å². The minimum Gasteiger partial charge on any atom is -0.358 e. The Kier molecular flexibility index (Phi) is 5.99. The van der Waals surface area contributed by atoms with Crippen molar-refractivity contribution in [2.45, 2.75) is 52.0 Å². The van der Waals surface area contributed by atoms with Gasteiger partial charge in [0.2, 0.25) is 5.91 Å². The first-order chi connectivity index (χ1) is 16.1. The average Bonchev–Trinajstić information content (AvgIpc) is 3.47. The van der Waals surface area contributed by atoms with Gasteiger partial charge >= 0.3 is 0 Å². The lowest BCUT2D eigenvalue weighted by molar-refractivity contribution is -0.132. The number of nitrogens with one attached hydrogen (secondary N) is 1. The quantitative estimate of drug-likeness (QED) is 0.453. The van der Waals surface area contributed by atoms with Gasteiger partial charge in [-0.3, -0.25) is 9.78 Å². The van der Waals surface area contributed by atoms with E-state index in [1.54, 1.807) is 0 Å². The summed E-state index contributed by atoms with van der Waals surface area (Å²) in [5.74, 6) is 1.56. The number of benzene rings is 1. The minimum absolute atomic E-state index is 0.230. The van der Waals surface area contributed by atoms with Crippen LogP contribution in [0.2, 0.25) is 0 Å². The molecule has 0 radical (unpaired) electrons. The van der Waals surface area contributed by atoms with Gasteiger partial charge < -0.3 is 14.5 Å². The van der Waals surface area contributed by atoms with Gasteiger partial charge in [-0.2, -0.15) is 0 Å². The molecule has 1 atom stereocenters. The summed E-state index contributed by atoms with van der Waals surface area (Å²) in [4.78, 5) is 27.5. The van der Waals surface area contributed by atoms with E-state index in [-0.39, 0.29) is 11.8 Å². The normalized spacial score (nSPS) is 16.4. The number of imidazole rings is 1. The van der Waals surface area contributed by atoms with E-state index in [4.69, 9.17) is 0 Å². The molecule has 0 spiro atoms. The van der Waals surface area contributed by atoms with Crippen LogP contribution in [0.3, 0.4) is 0 Å². The number of piperidine rings is 1. The molecule has 0 bridgehead atoms. The predicted octanol–water partition coefficient (Wildman–Crippen LogP) is 5.09. The summed E-state index contributed by atoms with van der Waals surface area (Å²) in [5, 5.41) is 1.24. The lowest BCUT2D eigenvalue weighted by Gasteiger charge is -2.33.